The third kappa shape index (κ3) is 6.04. The smallest absolute Gasteiger partial charge is 0.272 e. The lowest BCUT2D eigenvalue weighted by Crippen LogP contribution is -2.38. The van der Waals surface area contributed by atoms with Crippen LogP contribution in [0, 0.1) is 5.92 Å². The average Bonchev–Trinajstić information content (AvgIpc) is 3.37. The second-order valence-electron chi connectivity index (χ2n) is 9.07. The van der Waals surface area contributed by atoms with Gasteiger partial charge < -0.3 is 14.6 Å². The van der Waals surface area contributed by atoms with Crippen molar-refractivity contribution in [2.45, 2.75) is 38.0 Å². The second-order valence-corrected chi connectivity index (χ2v) is 9.07. The molecular formula is C28H33N5O2. The predicted octanol–water partition coefficient (Wildman–Crippen LogP) is 4.64. The number of amides is 2. The van der Waals surface area contributed by atoms with Gasteiger partial charge in [0.25, 0.3) is 11.8 Å². The van der Waals surface area contributed by atoms with Crippen LogP contribution in [0.2, 0.25) is 0 Å². The van der Waals surface area contributed by atoms with E-state index in [2.05, 4.69) is 28.4 Å². The number of carbonyl (C=O) groups excluding carboxylic acids is 2. The maximum Gasteiger partial charge on any atom is 0.272 e. The Balaban J connectivity index is 1.14. The second kappa shape index (κ2) is 11.6. The SMILES string of the molecule is C=CC(C=C)c1ccc(C(=O)N2CCC(CCCCNC(=O)c3ccc4nccn4c3)CC2)nc1. The monoisotopic (exact) mass is 471 g/mol. The number of imidazole rings is 1. The van der Waals surface area contributed by atoms with Gasteiger partial charge in [0.1, 0.15) is 11.3 Å². The minimum Gasteiger partial charge on any atom is -0.352 e. The van der Waals surface area contributed by atoms with Gasteiger partial charge in [-0.15, -0.1) is 13.2 Å². The maximum atomic E-state index is 12.8. The summed E-state index contributed by atoms with van der Waals surface area (Å²) >= 11 is 0. The number of pyridine rings is 2. The van der Waals surface area contributed by atoms with Crippen molar-refractivity contribution < 1.29 is 9.59 Å². The molecule has 3 aromatic rings. The standard InChI is InChI=1S/C28H33N5O2/c1-3-22(4-2)23-8-10-25(31-19-23)28(35)32-16-12-21(13-17-32)7-5-6-14-30-27(34)24-9-11-26-29-15-18-33(26)20-24/h3-4,8-11,15,18-22H,1-2,5-7,12-14,16-17H2,(H,30,34). The molecule has 182 valence electrons. The number of carbonyl (C=O) groups is 2. The van der Waals surface area contributed by atoms with Crippen molar-refractivity contribution in [3.05, 3.63) is 91.2 Å². The van der Waals surface area contributed by atoms with Crippen LogP contribution in [0.3, 0.4) is 0 Å². The van der Waals surface area contributed by atoms with Crippen LogP contribution in [0.4, 0.5) is 0 Å². The Labute approximate surface area is 206 Å². The number of nitrogens with zero attached hydrogens (tertiary/aromatic N) is 4. The summed E-state index contributed by atoms with van der Waals surface area (Å²) in [4.78, 5) is 35.7. The fourth-order valence-electron chi connectivity index (χ4n) is 4.60. The van der Waals surface area contributed by atoms with Gasteiger partial charge in [0.05, 0.1) is 5.56 Å². The molecular weight excluding hydrogens is 438 g/mol. The van der Waals surface area contributed by atoms with Crippen molar-refractivity contribution in [2.75, 3.05) is 19.6 Å². The predicted molar refractivity (Wildman–Crippen MR) is 137 cm³/mol. The van der Waals surface area contributed by atoms with Crippen LogP contribution in [0.25, 0.3) is 5.65 Å². The van der Waals surface area contributed by atoms with E-state index >= 15 is 0 Å². The molecule has 0 aliphatic carbocycles. The van der Waals surface area contributed by atoms with E-state index in [1.54, 1.807) is 30.7 Å². The Bertz CT molecular complexity index is 1170. The number of allylic oxidation sites excluding steroid dienone is 2. The number of hydrogen-bond donors (Lipinski definition) is 1. The molecule has 1 N–H and O–H groups in total. The summed E-state index contributed by atoms with van der Waals surface area (Å²) in [6, 6.07) is 7.37. The molecule has 0 saturated carbocycles. The Morgan fingerprint density at radius 1 is 1.09 bits per heavy atom. The number of unbranched alkanes of at least 4 members (excludes halogenated alkanes) is 1. The Hall–Kier alpha value is -3.74. The van der Waals surface area contributed by atoms with Crippen molar-refractivity contribution in [3.8, 4) is 0 Å². The molecule has 2 amide bonds. The van der Waals surface area contributed by atoms with Crippen LogP contribution in [0.15, 0.2) is 74.4 Å². The van der Waals surface area contributed by atoms with E-state index in [4.69, 9.17) is 0 Å². The molecule has 1 aliphatic rings. The van der Waals surface area contributed by atoms with Crippen LogP contribution in [0.1, 0.15) is 64.4 Å². The highest BCUT2D eigenvalue weighted by Gasteiger charge is 2.24. The van der Waals surface area contributed by atoms with Gasteiger partial charge in [0.2, 0.25) is 0 Å². The highest BCUT2D eigenvalue weighted by molar-refractivity contribution is 5.94. The molecule has 7 heteroatoms. The molecule has 0 atom stereocenters. The highest BCUT2D eigenvalue weighted by atomic mass is 16.2. The first-order valence-corrected chi connectivity index (χ1v) is 12.3. The van der Waals surface area contributed by atoms with Crippen LogP contribution in [-0.2, 0) is 0 Å². The van der Waals surface area contributed by atoms with Crippen molar-refractivity contribution in [1.29, 1.82) is 0 Å². The zero-order valence-electron chi connectivity index (χ0n) is 20.1. The molecule has 1 saturated heterocycles. The zero-order valence-corrected chi connectivity index (χ0v) is 20.1. The van der Waals surface area contributed by atoms with E-state index in [1.807, 2.05) is 39.8 Å². The van der Waals surface area contributed by atoms with Crippen LogP contribution < -0.4 is 5.32 Å². The van der Waals surface area contributed by atoms with Gasteiger partial charge in [-0.25, -0.2) is 4.98 Å². The van der Waals surface area contributed by atoms with Crippen molar-refractivity contribution in [3.63, 3.8) is 0 Å². The average molecular weight is 472 g/mol. The molecule has 0 spiro atoms. The van der Waals surface area contributed by atoms with Crippen molar-refractivity contribution in [2.24, 2.45) is 5.92 Å². The van der Waals surface area contributed by atoms with E-state index in [0.717, 1.165) is 56.4 Å². The molecule has 0 unspecified atom stereocenters. The first-order valence-electron chi connectivity index (χ1n) is 12.3. The summed E-state index contributed by atoms with van der Waals surface area (Å²) in [5, 5.41) is 3.01. The molecule has 0 aromatic carbocycles. The van der Waals surface area contributed by atoms with Gasteiger partial charge in [-0.3, -0.25) is 14.6 Å². The number of likely N-dealkylation sites (tertiary alicyclic amines) is 1. The molecule has 4 rings (SSSR count). The fraction of sp³-hybridized carbons (Fsp3) is 0.357. The summed E-state index contributed by atoms with van der Waals surface area (Å²) in [6.45, 7) is 9.82. The van der Waals surface area contributed by atoms with Crippen molar-refractivity contribution >= 4 is 17.5 Å². The number of piperidine rings is 1. The first-order chi connectivity index (χ1) is 17.1. The Morgan fingerprint density at radius 2 is 1.89 bits per heavy atom. The number of hydrogen-bond acceptors (Lipinski definition) is 4. The Morgan fingerprint density at radius 3 is 2.60 bits per heavy atom. The quantitative estimate of drug-likeness (QED) is 0.345. The maximum absolute atomic E-state index is 12.8. The van der Waals surface area contributed by atoms with Gasteiger partial charge in [0.15, 0.2) is 0 Å². The minimum absolute atomic E-state index is 0.000323. The molecule has 0 bridgehead atoms. The fourth-order valence-corrected chi connectivity index (χ4v) is 4.60. The van der Waals surface area contributed by atoms with Gasteiger partial charge >= 0.3 is 0 Å². The van der Waals surface area contributed by atoms with E-state index in [9.17, 15) is 9.59 Å². The van der Waals surface area contributed by atoms with E-state index in [-0.39, 0.29) is 17.7 Å². The molecule has 7 nitrogen and oxygen atoms in total. The summed E-state index contributed by atoms with van der Waals surface area (Å²) in [7, 11) is 0. The lowest BCUT2D eigenvalue weighted by atomic mass is 9.91. The Kier molecular flexibility index (Phi) is 8.08. The van der Waals surface area contributed by atoms with E-state index < -0.39 is 0 Å². The van der Waals surface area contributed by atoms with E-state index in [1.165, 1.54) is 0 Å². The molecule has 35 heavy (non-hydrogen) atoms. The van der Waals surface area contributed by atoms with Gasteiger partial charge in [-0.2, -0.15) is 0 Å². The lowest BCUT2D eigenvalue weighted by Gasteiger charge is -2.32. The van der Waals surface area contributed by atoms with Crippen LogP contribution in [0.5, 0.6) is 0 Å². The normalized spacial score (nSPS) is 14.3. The van der Waals surface area contributed by atoms with Crippen LogP contribution >= 0.6 is 0 Å². The number of aromatic nitrogens is 3. The number of nitrogens with one attached hydrogen (secondary N) is 1. The van der Waals surface area contributed by atoms with E-state index in [0.29, 0.717) is 23.7 Å². The summed E-state index contributed by atoms with van der Waals surface area (Å²) in [5.41, 5.74) is 2.94. The van der Waals surface area contributed by atoms with Crippen molar-refractivity contribution in [1.82, 2.24) is 24.6 Å². The molecule has 3 aromatic heterocycles. The first kappa shape index (κ1) is 24.4. The number of fused-ring (bicyclic) bond motifs is 1. The molecule has 1 fully saturated rings. The molecule has 0 radical (unpaired) electrons. The molecule has 4 heterocycles. The van der Waals surface area contributed by atoms with Gasteiger partial charge in [-0.1, -0.05) is 31.1 Å². The zero-order chi connectivity index (χ0) is 24.6. The van der Waals surface area contributed by atoms with Gasteiger partial charge in [-0.05, 0) is 48.9 Å². The largest absolute Gasteiger partial charge is 0.352 e. The summed E-state index contributed by atoms with van der Waals surface area (Å²) < 4.78 is 1.85. The highest BCUT2D eigenvalue weighted by Crippen LogP contribution is 2.24. The number of rotatable bonds is 10. The minimum atomic E-state index is -0.0569. The van der Waals surface area contributed by atoms with Gasteiger partial charge in [0, 0.05) is 50.3 Å². The molecule has 1 aliphatic heterocycles. The van der Waals surface area contributed by atoms with Crippen LogP contribution in [-0.4, -0.2) is 50.7 Å². The summed E-state index contributed by atoms with van der Waals surface area (Å²) in [6.07, 6.45) is 15.9. The third-order valence-corrected chi connectivity index (χ3v) is 6.78. The lowest BCUT2D eigenvalue weighted by molar-refractivity contribution is 0.0680. The topological polar surface area (TPSA) is 79.6 Å². The summed E-state index contributed by atoms with van der Waals surface area (Å²) in [5.74, 6) is 0.607. The third-order valence-electron chi connectivity index (χ3n) is 6.78.